The van der Waals surface area contributed by atoms with Crippen LogP contribution in [0.5, 0.6) is 0 Å². The van der Waals surface area contributed by atoms with E-state index in [0.29, 0.717) is 32.7 Å². The molecule has 0 bridgehead atoms. The molecule has 0 aromatic rings. The van der Waals surface area contributed by atoms with Crippen LogP contribution in [-0.2, 0) is 23.8 Å². The van der Waals surface area contributed by atoms with E-state index in [4.69, 9.17) is 14.2 Å². The first-order chi connectivity index (χ1) is 9.92. The Hall–Kier alpha value is -1.10. The van der Waals surface area contributed by atoms with E-state index in [-0.39, 0.29) is 24.0 Å². The molecular formula is C16H28O5. The first-order valence-corrected chi connectivity index (χ1v) is 7.88. The largest absolute Gasteiger partial charge is 0.465 e. The standard InChI is InChI=1S/C16H28O5/c1-5-7-8-19-14(17)12(3)9-16(4,6-2)15(18)21-11-13-10-20-13/h12-13H,5-11H2,1-4H3. The van der Waals surface area contributed by atoms with Crippen LogP contribution in [0.4, 0.5) is 0 Å². The van der Waals surface area contributed by atoms with Gasteiger partial charge in [-0.1, -0.05) is 27.2 Å². The van der Waals surface area contributed by atoms with Crippen molar-refractivity contribution < 1.29 is 23.8 Å². The number of hydrogen-bond acceptors (Lipinski definition) is 5. The zero-order valence-corrected chi connectivity index (χ0v) is 13.6. The Morgan fingerprint density at radius 3 is 2.52 bits per heavy atom. The maximum absolute atomic E-state index is 12.2. The molecule has 0 N–H and O–H groups in total. The number of rotatable bonds is 10. The highest BCUT2D eigenvalue weighted by Gasteiger charge is 2.38. The van der Waals surface area contributed by atoms with E-state index >= 15 is 0 Å². The summed E-state index contributed by atoms with van der Waals surface area (Å²) >= 11 is 0. The monoisotopic (exact) mass is 300 g/mol. The number of carbonyl (C=O) groups excluding carboxylic acids is 2. The number of epoxide rings is 1. The Labute approximate surface area is 127 Å². The Kier molecular flexibility index (Phi) is 7.15. The fourth-order valence-electron chi connectivity index (χ4n) is 2.10. The molecule has 5 heteroatoms. The van der Waals surface area contributed by atoms with Crippen LogP contribution < -0.4 is 0 Å². The fourth-order valence-corrected chi connectivity index (χ4v) is 2.10. The predicted molar refractivity (Wildman–Crippen MR) is 78.7 cm³/mol. The Balaban J connectivity index is 2.44. The highest BCUT2D eigenvalue weighted by atomic mass is 16.6. The van der Waals surface area contributed by atoms with Crippen molar-refractivity contribution in [1.29, 1.82) is 0 Å². The maximum Gasteiger partial charge on any atom is 0.311 e. The van der Waals surface area contributed by atoms with Crippen LogP contribution in [0.3, 0.4) is 0 Å². The summed E-state index contributed by atoms with van der Waals surface area (Å²) in [5.74, 6) is -0.799. The molecule has 0 aliphatic carbocycles. The van der Waals surface area contributed by atoms with Crippen molar-refractivity contribution in [3.05, 3.63) is 0 Å². The summed E-state index contributed by atoms with van der Waals surface area (Å²) in [6, 6.07) is 0. The Bertz CT molecular complexity index is 351. The van der Waals surface area contributed by atoms with Gasteiger partial charge >= 0.3 is 11.9 Å². The minimum absolute atomic E-state index is 0.0616. The minimum atomic E-state index is -0.655. The summed E-state index contributed by atoms with van der Waals surface area (Å²) in [7, 11) is 0. The first-order valence-electron chi connectivity index (χ1n) is 7.88. The second-order valence-corrected chi connectivity index (χ2v) is 6.09. The number of esters is 2. The Morgan fingerprint density at radius 1 is 1.33 bits per heavy atom. The third-order valence-corrected chi connectivity index (χ3v) is 3.98. The van der Waals surface area contributed by atoms with Crippen LogP contribution in [0.15, 0.2) is 0 Å². The van der Waals surface area contributed by atoms with Gasteiger partial charge in [0.25, 0.3) is 0 Å². The average molecular weight is 300 g/mol. The molecule has 0 radical (unpaired) electrons. The fraction of sp³-hybridized carbons (Fsp3) is 0.875. The summed E-state index contributed by atoms with van der Waals surface area (Å²) in [5.41, 5.74) is -0.655. The van der Waals surface area contributed by atoms with Gasteiger partial charge in [0.1, 0.15) is 12.7 Å². The van der Waals surface area contributed by atoms with E-state index in [9.17, 15) is 9.59 Å². The van der Waals surface area contributed by atoms with Crippen molar-refractivity contribution >= 4 is 11.9 Å². The summed E-state index contributed by atoms with van der Waals surface area (Å²) in [6.45, 7) is 9.05. The van der Waals surface area contributed by atoms with Crippen molar-refractivity contribution in [1.82, 2.24) is 0 Å². The zero-order chi connectivity index (χ0) is 15.9. The van der Waals surface area contributed by atoms with Crippen molar-refractivity contribution in [2.24, 2.45) is 11.3 Å². The van der Waals surface area contributed by atoms with Crippen LogP contribution in [0.25, 0.3) is 0 Å². The quantitative estimate of drug-likeness (QED) is 0.352. The van der Waals surface area contributed by atoms with Gasteiger partial charge in [0, 0.05) is 0 Å². The zero-order valence-electron chi connectivity index (χ0n) is 13.6. The molecule has 1 aliphatic heterocycles. The lowest BCUT2D eigenvalue weighted by molar-refractivity contribution is -0.159. The van der Waals surface area contributed by atoms with Crippen LogP contribution >= 0.6 is 0 Å². The molecule has 1 saturated heterocycles. The lowest BCUT2D eigenvalue weighted by Gasteiger charge is -2.28. The highest BCUT2D eigenvalue weighted by Crippen LogP contribution is 2.32. The van der Waals surface area contributed by atoms with E-state index in [1.165, 1.54) is 0 Å². The van der Waals surface area contributed by atoms with Crippen molar-refractivity contribution in [3.63, 3.8) is 0 Å². The normalized spacial score (nSPS) is 21.2. The topological polar surface area (TPSA) is 65.1 Å². The number of carbonyl (C=O) groups is 2. The molecule has 3 unspecified atom stereocenters. The van der Waals surface area contributed by atoms with Gasteiger partial charge in [-0.3, -0.25) is 9.59 Å². The second kappa shape index (κ2) is 8.37. The maximum atomic E-state index is 12.2. The average Bonchev–Trinajstić information content (AvgIpc) is 3.28. The molecule has 1 aliphatic rings. The number of unbranched alkanes of at least 4 members (excludes halogenated alkanes) is 1. The molecule has 0 saturated carbocycles. The van der Waals surface area contributed by atoms with Crippen molar-refractivity contribution in [3.8, 4) is 0 Å². The molecule has 5 nitrogen and oxygen atoms in total. The van der Waals surface area contributed by atoms with Crippen LogP contribution in [0.1, 0.15) is 53.4 Å². The van der Waals surface area contributed by atoms with Gasteiger partial charge in [-0.15, -0.1) is 0 Å². The molecule has 21 heavy (non-hydrogen) atoms. The molecule has 0 aromatic heterocycles. The number of hydrogen-bond donors (Lipinski definition) is 0. The first kappa shape index (κ1) is 18.0. The SMILES string of the molecule is CCCCOC(=O)C(C)CC(C)(CC)C(=O)OCC1CO1. The second-order valence-electron chi connectivity index (χ2n) is 6.09. The summed E-state index contributed by atoms with van der Waals surface area (Å²) in [4.78, 5) is 24.1. The van der Waals surface area contributed by atoms with Gasteiger partial charge in [-0.05, 0) is 26.2 Å². The molecular weight excluding hydrogens is 272 g/mol. The summed E-state index contributed by atoms with van der Waals surface area (Å²) in [5, 5.41) is 0. The van der Waals surface area contributed by atoms with Gasteiger partial charge in [-0.25, -0.2) is 0 Å². The van der Waals surface area contributed by atoms with Gasteiger partial charge in [-0.2, -0.15) is 0 Å². The van der Waals surface area contributed by atoms with Gasteiger partial charge in [0.05, 0.1) is 24.5 Å². The summed E-state index contributed by atoms with van der Waals surface area (Å²) < 4.78 is 15.5. The minimum Gasteiger partial charge on any atom is -0.465 e. The summed E-state index contributed by atoms with van der Waals surface area (Å²) in [6.07, 6.45) is 2.99. The van der Waals surface area contributed by atoms with E-state index in [0.717, 1.165) is 12.8 Å². The third kappa shape index (κ3) is 6.04. The highest BCUT2D eigenvalue weighted by molar-refractivity contribution is 5.78. The van der Waals surface area contributed by atoms with Crippen LogP contribution in [-0.4, -0.2) is 37.9 Å². The van der Waals surface area contributed by atoms with Gasteiger partial charge < -0.3 is 14.2 Å². The molecule has 1 heterocycles. The van der Waals surface area contributed by atoms with Crippen LogP contribution in [0, 0.1) is 11.3 Å². The smallest absolute Gasteiger partial charge is 0.311 e. The lowest BCUT2D eigenvalue weighted by Crippen LogP contribution is -2.34. The molecule has 1 fully saturated rings. The molecule has 3 atom stereocenters. The van der Waals surface area contributed by atoms with E-state index in [2.05, 4.69) is 0 Å². The molecule has 0 spiro atoms. The van der Waals surface area contributed by atoms with Gasteiger partial charge in [0.2, 0.25) is 0 Å². The lowest BCUT2D eigenvalue weighted by atomic mass is 9.79. The van der Waals surface area contributed by atoms with E-state index in [1.54, 1.807) is 6.92 Å². The van der Waals surface area contributed by atoms with Crippen molar-refractivity contribution in [2.75, 3.05) is 19.8 Å². The molecule has 0 amide bonds. The van der Waals surface area contributed by atoms with Crippen LogP contribution in [0.2, 0.25) is 0 Å². The van der Waals surface area contributed by atoms with Gasteiger partial charge in [0.15, 0.2) is 0 Å². The van der Waals surface area contributed by atoms with E-state index in [1.807, 2.05) is 20.8 Å². The number of ether oxygens (including phenoxy) is 3. The Morgan fingerprint density at radius 2 is 2.00 bits per heavy atom. The third-order valence-electron chi connectivity index (χ3n) is 3.98. The molecule has 0 aromatic carbocycles. The molecule has 1 rings (SSSR count). The molecule has 122 valence electrons. The predicted octanol–water partition coefficient (Wildman–Crippen LogP) is 2.71. The van der Waals surface area contributed by atoms with E-state index < -0.39 is 5.41 Å². The van der Waals surface area contributed by atoms with Crippen molar-refractivity contribution in [2.45, 2.75) is 59.5 Å².